The molecular weight excluding hydrogens is 390 g/mol. The highest BCUT2D eigenvalue weighted by atomic mass is 16.5. The van der Waals surface area contributed by atoms with E-state index in [0.29, 0.717) is 6.61 Å². The van der Waals surface area contributed by atoms with Gasteiger partial charge in [-0.3, -0.25) is 24.0 Å². The van der Waals surface area contributed by atoms with Crippen molar-refractivity contribution < 1.29 is 9.53 Å². The summed E-state index contributed by atoms with van der Waals surface area (Å²) in [4.78, 5) is 48.8. The molecule has 0 saturated heterocycles. The maximum Gasteiger partial charge on any atom is 0.332 e. The number of nitrogens with zero attached hydrogens (tertiary/aromatic N) is 5. The summed E-state index contributed by atoms with van der Waals surface area (Å²) in [6, 6.07) is 7.54. The van der Waals surface area contributed by atoms with E-state index in [-0.39, 0.29) is 23.7 Å². The lowest BCUT2D eigenvalue weighted by molar-refractivity contribution is -0.116. The SMILES string of the molecule is Cn1c(=O)c2c(ncn2CC(=O)Nc2nc3c([nH]2)COc2ccccc2-3)n(C)c1=O. The first-order valence-electron chi connectivity index (χ1n) is 9.16. The number of para-hydroxylation sites is 1. The van der Waals surface area contributed by atoms with Crippen LogP contribution in [0, 0.1) is 0 Å². The fraction of sp³-hybridized carbons (Fsp3) is 0.211. The lowest BCUT2D eigenvalue weighted by Crippen LogP contribution is -2.37. The average Bonchev–Trinajstić information content (AvgIpc) is 3.34. The molecule has 0 fully saturated rings. The molecule has 0 saturated carbocycles. The van der Waals surface area contributed by atoms with Crippen LogP contribution in [0.25, 0.3) is 22.4 Å². The number of aromatic amines is 1. The standard InChI is InChI=1S/C19H17N7O4/c1-24-16-15(17(28)25(2)19(24)29)26(9-20-16)7-13(27)22-18-21-11-8-30-12-6-4-3-5-10(12)14(11)23-18/h3-6,9H,7-8H2,1-2H3,(H2,21,22,23,27). The number of aryl methyl sites for hydroxylation is 1. The van der Waals surface area contributed by atoms with E-state index < -0.39 is 17.2 Å². The average molecular weight is 407 g/mol. The molecular formula is C19H17N7O4. The number of hydrogen-bond donors (Lipinski definition) is 2. The third-order valence-corrected chi connectivity index (χ3v) is 5.08. The van der Waals surface area contributed by atoms with Gasteiger partial charge in [-0.1, -0.05) is 12.1 Å². The fourth-order valence-electron chi connectivity index (χ4n) is 3.58. The molecule has 0 radical (unpaired) electrons. The topological polar surface area (TPSA) is 129 Å². The lowest BCUT2D eigenvalue weighted by Gasteiger charge is -2.15. The van der Waals surface area contributed by atoms with Gasteiger partial charge in [0.25, 0.3) is 5.56 Å². The minimum Gasteiger partial charge on any atom is -0.487 e. The number of ether oxygens (including phenoxy) is 1. The van der Waals surface area contributed by atoms with Crippen LogP contribution in [-0.4, -0.2) is 34.6 Å². The molecule has 11 heteroatoms. The Labute approximate surface area is 168 Å². The van der Waals surface area contributed by atoms with Crippen LogP contribution in [0.1, 0.15) is 5.69 Å². The number of hydrogen-bond acceptors (Lipinski definition) is 6. The zero-order valence-electron chi connectivity index (χ0n) is 16.2. The van der Waals surface area contributed by atoms with E-state index in [0.717, 1.165) is 27.3 Å². The van der Waals surface area contributed by atoms with E-state index in [1.165, 1.54) is 29.6 Å². The van der Waals surface area contributed by atoms with Gasteiger partial charge in [-0.2, -0.15) is 0 Å². The number of fused-ring (bicyclic) bond motifs is 4. The summed E-state index contributed by atoms with van der Waals surface area (Å²) in [6.07, 6.45) is 1.36. The molecule has 0 aliphatic carbocycles. The number of benzene rings is 1. The highest BCUT2D eigenvalue weighted by molar-refractivity contribution is 5.90. The van der Waals surface area contributed by atoms with E-state index in [9.17, 15) is 14.4 Å². The Kier molecular flexibility index (Phi) is 3.85. The smallest absolute Gasteiger partial charge is 0.332 e. The molecule has 30 heavy (non-hydrogen) atoms. The number of imidazole rings is 2. The molecule has 152 valence electrons. The van der Waals surface area contributed by atoms with Crippen LogP contribution in [0.2, 0.25) is 0 Å². The third-order valence-electron chi connectivity index (χ3n) is 5.08. The van der Waals surface area contributed by atoms with Crippen LogP contribution >= 0.6 is 0 Å². The Balaban J connectivity index is 1.43. The minimum absolute atomic E-state index is 0.164. The van der Waals surface area contributed by atoms with E-state index >= 15 is 0 Å². The highest BCUT2D eigenvalue weighted by Crippen LogP contribution is 2.36. The van der Waals surface area contributed by atoms with Gasteiger partial charge in [-0.15, -0.1) is 0 Å². The van der Waals surface area contributed by atoms with E-state index in [1.54, 1.807) is 0 Å². The molecule has 1 amide bonds. The van der Waals surface area contributed by atoms with Gasteiger partial charge in [0.05, 0.1) is 12.0 Å². The maximum atomic E-state index is 12.6. The summed E-state index contributed by atoms with van der Waals surface area (Å²) < 4.78 is 9.35. The molecule has 1 aliphatic heterocycles. The monoisotopic (exact) mass is 407 g/mol. The van der Waals surface area contributed by atoms with Gasteiger partial charge in [0.2, 0.25) is 11.9 Å². The number of rotatable bonds is 3. The molecule has 2 N–H and O–H groups in total. The number of carbonyl (C=O) groups excluding carboxylic acids is 1. The van der Waals surface area contributed by atoms with Crippen LogP contribution in [0.5, 0.6) is 5.75 Å². The van der Waals surface area contributed by atoms with Gasteiger partial charge in [0, 0.05) is 19.7 Å². The molecule has 11 nitrogen and oxygen atoms in total. The summed E-state index contributed by atoms with van der Waals surface area (Å²) in [6.45, 7) is 0.161. The van der Waals surface area contributed by atoms with Crippen molar-refractivity contribution in [3.63, 3.8) is 0 Å². The van der Waals surface area contributed by atoms with Crippen LogP contribution in [0.15, 0.2) is 40.2 Å². The summed E-state index contributed by atoms with van der Waals surface area (Å²) in [5.74, 6) is 0.626. The van der Waals surface area contributed by atoms with Gasteiger partial charge in [-0.05, 0) is 12.1 Å². The maximum absolute atomic E-state index is 12.6. The molecule has 0 atom stereocenters. The second-order valence-electron chi connectivity index (χ2n) is 7.00. The van der Waals surface area contributed by atoms with Crippen LogP contribution in [-0.2, 0) is 32.0 Å². The van der Waals surface area contributed by atoms with Gasteiger partial charge in [0.15, 0.2) is 11.2 Å². The van der Waals surface area contributed by atoms with Crippen LogP contribution in [0.3, 0.4) is 0 Å². The van der Waals surface area contributed by atoms with Crippen LogP contribution in [0.4, 0.5) is 5.95 Å². The third kappa shape index (κ3) is 2.63. The van der Waals surface area contributed by atoms with Gasteiger partial charge in [-0.25, -0.2) is 14.8 Å². The number of amides is 1. The Bertz CT molecular complexity index is 1440. The van der Waals surface area contributed by atoms with Crippen molar-refractivity contribution in [3.05, 3.63) is 57.1 Å². The van der Waals surface area contributed by atoms with Crippen molar-refractivity contribution in [1.82, 2.24) is 28.7 Å². The number of aromatic nitrogens is 6. The highest BCUT2D eigenvalue weighted by Gasteiger charge is 2.22. The number of anilines is 1. The van der Waals surface area contributed by atoms with Gasteiger partial charge in [0.1, 0.15) is 24.6 Å². The number of nitrogens with one attached hydrogen (secondary N) is 2. The molecule has 0 spiro atoms. The van der Waals surface area contributed by atoms with Crippen molar-refractivity contribution in [3.8, 4) is 17.0 Å². The first-order valence-corrected chi connectivity index (χ1v) is 9.16. The Morgan fingerprint density at radius 1 is 1.23 bits per heavy atom. The minimum atomic E-state index is -0.513. The Morgan fingerprint density at radius 3 is 2.87 bits per heavy atom. The van der Waals surface area contributed by atoms with Crippen molar-refractivity contribution >= 4 is 23.0 Å². The number of carbonyl (C=O) groups is 1. The zero-order chi connectivity index (χ0) is 21.0. The molecule has 0 bridgehead atoms. The molecule has 3 aromatic heterocycles. The second-order valence-corrected chi connectivity index (χ2v) is 7.00. The first kappa shape index (κ1) is 17.9. The summed E-state index contributed by atoms with van der Waals surface area (Å²) in [7, 11) is 2.91. The van der Waals surface area contributed by atoms with Gasteiger partial charge >= 0.3 is 5.69 Å². The first-order chi connectivity index (χ1) is 14.4. The second kappa shape index (κ2) is 6.44. The molecule has 1 aliphatic rings. The van der Waals surface area contributed by atoms with E-state index in [1.807, 2.05) is 24.3 Å². The molecule has 1 aromatic carbocycles. The van der Waals surface area contributed by atoms with E-state index in [2.05, 4.69) is 20.3 Å². The lowest BCUT2D eigenvalue weighted by atomic mass is 10.1. The Hall–Kier alpha value is -4.15. The van der Waals surface area contributed by atoms with Crippen molar-refractivity contribution in [2.75, 3.05) is 5.32 Å². The largest absolute Gasteiger partial charge is 0.487 e. The summed E-state index contributed by atoms with van der Waals surface area (Å²) in [5, 5.41) is 2.71. The Morgan fingerprint density at radius 2 is 2.03 bits per heavy atom. The predicted molar refractivity (Wildman–Crippen MR) is 107 cm³/mol. The number of H-pyrrole nitrogens is 1. The quantitative estimate of drug-likeness (QED) is 0.504. The van der Waals surface area contributed by atoms with E-state index in [4.69, 9.17) is 4.74 Å². The van der Waals surface area contributed by atoms with Crippen molar-refractivity contribution in [2.45, 2.75) is 13.2 Å². The zero-order valence-corrected chi connectivity index (χ0v) is 16.2. The van der Waals surface area contributed by atoms with Gasteiger partial charge < -0.3 is 14.3 Å². The summed E-state index contributed by atoms with van der Waals surface area (Å²) in [5.41, 5.74) is 1.74. The molecule has 4 heterocycles. The molecule has 5 rings (SSSR count). The van der Waals surface area contributed by atoms with Crippen molar-refractivity contribution in [1.29, 1.82) is 0 Å². The molecule has 0 unspecified atom stereocenters. The summed E-state index contributed by atoms with van der Waals surface area (Å²) >= 11 is 0. The van der Waals surface area contributed by atoms with Crippen molar-refractivity contribution in [2.24, 2.45) is 14.1 Å². The predicted octanol–water partition coefficient (Wildman–Crippen LogP) is 0.355. The normalized spacial score (nSPS) is 12.3. The van der Waals surface area contributed by atoms with Crippen LogP contribution < -0.4 is 21.3 Å². The molecule has 4 aromatic rings. The fourth-order valence-corrected chi connectivity index (χ4v) is 3.58.